The van der Waals surface area contributed by atoms with Crippen LogP contribution in [-0.2, 0) is 4.79 Å². The van der Waals surface area contributed by atoms with Crippen molar-refractivity contribution in [3.8, 4) is 0 Å². The van der Waals surface area contributed by atoms with Gasteiger partial charge in [-0.15, -0.1) is 0 Å². The standard InChI is InChI=1S/C8H11NO/c9-7(10)8-1-4-5(2-8)6(4)3-8/h4-6H,1-3H2,(H2,9,10). The van der Waals surface area contributed by atoms with E-state index in [0.717, 1.165) is 37.0 Å². The second-order valence-corrected chi connectivity index (χ2v) is 4.25. The average Bonchev–Trinajstić information content (AvgIpc) is 2.44. The van der Waals surface area contributed by atoms with E-state index in [1.807, 2.05) is 0 Å². The molecule has 10 heavy (non-hydrogen) atoms. The van der Waals surface area contributed by atoms with Crippen LogP contribution in [-0.4, -0.2) is 5.91 Å². The highest BCUT2D eigenvalue weighted by molar-refractivity contribution is 5.82. The first kappa shape index (κ1) is 5.16. The summed E-state index contributed by atoms with van der Waals surface area (Å²) < 4.78 is 0. The molecule has 4 bridgehead atoms. The molecule has 0 radical (unpaired) electrons. The molecular weight excluding hydrogens is 126 g/mol. The molecule has 4 fully saturated rings. The first-order valence-electron chi connectivity index (χ1n) is 4.03. The zero-order valence-corrected chi connectivity index (χ0v) is 5.84. The van der Waals surface area contributed by atoms with Crippen molar-refractivity contribution < 1.29 is 4.79 Å². The highest BCUT2D eigenvalue weighted by Crippen LogP contribution is 2.75. The molecule has 0 heterocycles. The van der Waals surface area contributed by atoms with Gasteiger partial charge in [-0.05, 0) is 37.0 Å². The van der Waals surface area contributed by atoms with E-state index in [1.54, 1.807) is 0 Å². The summed E-state index contributed by atoms with van der Waals surface area (Å²) in [5.41, 5.74) is 5.33. The van der Waals surface area contributed by atoms with Crippen LogP contribution >= 0.6 is 0 Å². The molecule has 4 aliphatic carbocycles. The molecule has 2 nitrogen and oxygen atoms in total. The fraction of sp³-hybridized carbons (Fsp3) is 0.875. The molecule has 0 spiro atoms. The van der Waals surface area contributed by atoms with Gasteiger partial charge in [-0.25, -0.2) is 0 Å². The Morgan fingerprint density at radius 1 is 1.20 bits per heavy atom. The summed E-state index contributed by atoms with van der Waals surface area (Å²) in [6.45, 7) is 0. The third-order valence-corrected chi connectivity index (χ3v) is 3.91. The number of hydrogen-bond donors (Lipinski definition) is 1. The number of hydrogen-bond acceptors (Lipinski definition) is 1. The maximum atomic E-state index is 11.0. The molecule has 0 atom stereocenters. The van der Waals surface area contributed by atoms with E-state index in [0.29, 0.717) is 0 Å². The largest absolute Gasteiger partial charge is 0.369 e. The first-order chi connectivity index (χ1) is 4.73. The van der Waals surface area contributed by atoms with Crippen LogP contribution in [0, 0.1) is 23.2 Å². The van der Waals surface area contributed by atoms with Crippen molar-refractivity contribution in [1.29, 1.82) is 0 Å². The summed E-state index contributed by atoms with van der Waals surface area (Å²) >= 11 is 0. The lowest BCUT2D eigenvalue weighted by Crippen LogP contribution is -2.31. The summed E-state index contributed by atoms with van der Waals surface area (Å²) in [5.74, 6) is 2.70. The van der Waals surface area contributed by atoms with Gasteiger partial charge in [-0.1, -0.05) is 0 Å². The Morgan fingerprint density at radius 2 is 1.60 bits per heavy atom. The van der Waals surface area contributed by atoms with Crippen LogP contribution in [0.2, 0.25) is 0 Å². The lowest BCUT2D eigenvalue weighted by molar-refractivity contribution is -0.126. The van der Waals surface area contributed by atoms with E-state index < -0.39 is 0 Å². The van der Waals surface area contributed by atoms with Gasteiger partial charge < -0.3 is 5.73 Å². The molecule has 0 unspecified atom stereocenters. The lowest BCUT2D eigenvalue weighted by Gasteiger charge is -2.17. The minimum absolute atomic E-state index is 0.0139. The highest BCUT2D eigenvalue weighted by Gasteiger charge is 2.71. The van der Waals surface area contributed by atoms with Gasteiger partial charge in [0, 0.05) is 5.41 Å². The van der Waals surface area contributed by atoms with Gasteiger partial charge in [0.1, 0.15) is 0 Å². The van der Waals surface area contributed by atoms with Gasteiger partial charge in [0.2, 0.25) is 5.91 Å². The molecular formula is C8H11NO. The number of carbonyl (C=O) groups is 1. The maximum Gasteiger partial charge on any atom is 0.223 e. The zero-order valence-electron chi connectivity index (χ0n) is 5.84. The van der Waals surface area contributed by atoms with Crippen LogP contribution in [0.5, 0.6) is 0 Å². The predicted octanol–water partition coefficient (Wildman–Crippen LogP) is 0.518. The number of amides is 1. The van der Waals surface area contributed by atoms with Gasteiger partial charge >= 0.3 is 0 Å². The zero-order chi connectivity index (χ0) is 6.93. The summed E-state index contributed by atoms with van der Waals surface area (Å²) in [7, 11) is 0. The van der Waals surface area contributed by atoms with Gasteiger partial charge in [0.25, 0.3) is 0 Å². The SMILES string of the molecule is NC(=O)C12CC3C(C1)C3C2. The van der Waals surface area contributed by atoms with Gasteiger partial charge in [0.15, 0.2) is 0 Å². The fourth-order valence-electron chi connectivity index (χ4n) is 3.34. The Labute approximate surface area is 59.8 Å². The Kier molecular flexibility index (Phi) is 0.582. The molecule has 0 aromatic carbocycles. The van der Waals surface area contributed by atoms with Crippen molar-refractivity contribution in [2.24, 2.45) is 28.9 Å². The van der Waals surface area contributed by atoms with Crippen molar-refractivity contribution in [3.63, 3.8) is 0 Å². The quantitative estimate of drug-likeness (QED) is 0.562. The Hall–Kier alpha value is -0.530. The summed E-state index contributed by atoms with van der Waals surface area (Å²) in [6.07, 6.45) is 3.37. The first-order valence-corrected chi connectivity index (χ1v) is 4.03. The molecule has 54 valence electrons. The number of nitrogens with two attached hydrogens (primary N) is 1. The van der Waals surface area contributed by atoms with Crippen LogP contribution in [0.15, 0.2) is 0 Å². The Balaban J connectivity index is 2.03. The minimum atomic E-state index is -0.0278. The predicted molar refractivity (Wildman–Crippen MR) is 35.9 cm³/mol. The van der Waals surface area contributed by atoms with E-state index in [9.17, 15) is 4.79 Å². The van der Waals surface area contributed by atoms with Crippen molar-refractivity contribution >= 4 is 5.91 Å². The van der Waals surface area contributed by atoms with Crippen molar-refractivity contribution in [1.82, 2.24) is 0 Å². The second kappa shape index (κ2) is 1.13. The van der Waals surface area contributed by atoms with Crippen LogP contribution in [0.25, 0.3) is 0 Å². The molecule has 0 aromatic rings. The van der Waals surface area contributed by atoms with E-state index in [1.165, 1.54) is 0 Å². The van der Waals surface area contributed by atoms with Gasteiger partial charge in [0.05, 0.1) is 0 Å². The molecule has 0 aliphatic heterocycles. The van der Waals surface area contributed by atoms with E-state index in [2.05, 4.69) is 0 Å². The normalized spacial score (nSPS) is 61.0. The molecule has 0 aromatic heterocycles. The summed E-state index contributed by atoms with van der Waals surface area (Å²) in [4.78, 5) is 11.0. The van der Waals surface area contributed by atoms with Crippen LogP contribution in [0.1, 0.15) is 19.3 Å². The van der Waals surface area contributed by atoms with Gasteiger partial charge in [-0.2, -0.15) is 0 Å². The van der Waals surface area contributed by atoms with Crippen molar-refractivity contribution in [2.75, 3.05) is 0 Å². The molecule has 2 heteroatoms. The molecule has 4 rings (SSSR count). The summed E-state index contributed by atoms with van der Waals surface area (Å²) in [6, 6.07) is 0. The second-order valence-electron chi connectivity index (χ2n) is 4.25. The van der Waals surface area contributed by atoms with E-state index in [4.69, 9.17) is 5.73 Å². The monoisotopic (exact) mass is 137 g/mol. The molecule has 2 N–H and O–H groups in total. The van der Waals surface area contributed by atoms with Crippen molar-refractivity contribution in [2.45, 2.75) is 19.3 Å². The lowest BCUT2D eigenvalue weighted by atomic mass is 9.88. The molecule has 1 amide bonds. The van der Waals surface area contributed by atoms with Crippen LogP contribution in [0.4, 0.5) is 0 Å². The van der Waals surface area contributed by atoms with E-state index >= 15 is 0 Å². The summed E-state index contributed by atoms with van der Waals surface area (Å²) in [5, 5.41) is 0. The topological polar surface area (TPSA) is 43.1 Å². The molecule has 4 aliphatic rings. The smallest absolute Gasteiger partial charge is 0.223 e. The highest BCUT2D eigenvalue weighted by atomic mass is 16.1. The Bertz CT molecular complexity index is 191. The third-order valence-electron chi connectivity index (χ3n) is 3.91. The third kappa shape index (κ3) is 0.337. The number of carbonyl (C=O) groups excluding carboxylic acids is 1. The number of primary amides is 1. The maximum absolute atomic E-state index is 11.0. The van der Waals surface area contributed by atoms with E-state index in [-0.39, 0.29) is 11.3 Å². The molecule has 4 saturated carbocycles. The minimum Gasteiger partial charge on any atom is -0.369 e. The van der Waals surface area contributed by atoms with Gasteiger partial charge in [-0.3, -0.25) is 4.79 Å². The number of rotatable bonds is 1. The fourth-order valence-corrected chi connectivity index (χ4v) is 3.34. The Morgan fingerprint density at radius 3 is 1.80 bits per heavy atom. The molecule has 0 saturated heterocycles. The van der Waals surface area contributed by atoms with Crippen LogP contribution in [0.3, 0.4) is 0 Å². The average molecular weight is 137 g/mol. The van der Waals surface area contributed by atoms with Crippen molar-refractivity contribution in [3.05, 3.63) is 0 Å². The van der Waals surface area contributed by atoms with Crippen LogP contribution < -0.4 is 5.73 Å².